The minimum Gasteiger partial charge on any atom is -0.466 e. The monoisotopic (exact) mass is 635 g/mol. The molecule has 1 fully saturated rings. The highest BCUT2D eigenvalue weighted by Gasteiger charge is 2.31. The van der Waals surface area contributed by atoms with Crippen molar-refractivity contribution in [2.24, 2.45) is 11.5 Å². The molecule has 240 valence electrons. The minimum absolute atomic E-state index is 0.0563. The first-order valence-corrected chi connectivity index (χ1v) is 16.2. The molecule has 2 aromatic carbocycles. The molecule has 11 heteroatoms. The molecule has 1 unspecified atom stereocenters. The van der Waals surface area contributed by atoms with Crippen LogP contribution in [0.2, 0.25) is 5.02 Å². The fourth-order valence-electron chi connectivity index (χ4n) is 6.50. The second-order valence-electron chi connectivity index (χ2n) is 12.1. The lowest BCUT2D eigenvalue weighted by Crippen LogP contribution is -2.43. The summed E-state index contributed by atoms with van der Waals surface area (Å²) in [6.07, 6.45) is 9.31. The van der Waals surface area contributed by atoms with E-state index in [-0.39, 0.29) is 23.1 Å². The van der Waals surface area contributed by atoms with Crippen molar-refractivity contribution in [2.75, 3.05) is 13.2 Å². The van der Waals surface area contributed by atoms with Crippen LogP contribution < -0.4 is 17.2 Å². The van der Waals surface area contributed by atoms with Gasteiger partial charge in [0.25, 0.3) is 6.02 Å². The third-order valence-electron chi connectivity index (χ3n) is 8.64. The molecule has 0 aliphatic carbocycles. The molecule has 5 rings (SSSR count). The number of ether oxygens (including phenoxy) is 1. The lowest BCUT2D eigenvalue weighted by atomic mass is 9.89. The Morgan fingerprint density at radius 1 is 1.24 bits per heavy atom. The summed E-state index contributed by atoms with van der Waals surface area (Å²) in [6, 6.07) is 13.8. The third kappa shape index (κ3) is 7.74. The molecule has 3 atom stereocenters. The summed E-state index contributed by atoms with van der Waals surface area (Å²) in [4.78, 5) is 23.1. The number of halogens is 2. The number of hydrogen-bond acceptors (Lipinski definition) is 6. The van der Waals surface area contributed by atoms with E-state index in [0.29, 0.717) is 40.6 Å². The van der Waals surface area contributed by atoms with Crippen molar-refractivity contribution in [3.05, 3.63) is 81.1 Å². The van der Waals surface area contributed by atoms with Gasteiger partial charge < -0.3 is 21.2 Å². The second-order valence-corrected chi connectivity index (χ2v) is 12.5. The van der Waals surface area contributed by atoms with Crippen molar-refractivity contribution < 1.29 is 9.13 Å². The number of rotatable bonds is 12. The standard InChI is InChI=1S/C34H43ClFN7O2/c1-3-15-42-25(14-16-45-33(38)39)8-5-9-30(42)23-10-12-26(13-11-23)43-20-24-19-29(40-32(24)41-34(43)44)27-17-22(7-4-6-21(2)37)18-28(35)31(27)36/h10-13,17-21,25,30H,3-9,14-16,37H2,1-2H3,(H3,38,39)(H,40,41,44)/t21?,25-,30-/m0/s1. The van der Waals surface area contributed by atoms with Crippen LogP contribution in [0.4, 0.5) is 4.39 Å². The van der Waals surface area contributed by atoms with Crippen LogP contribution >= 0.6 is 11.6 Å². The number of aryl methyl sites for hydroxylation is 1. The zero-order chi connectivity index (χ0) is 32.1. The van der Waals surface area contributed by atoms with Crippen LogP contribution in [0, 0.1) is 11.2 Å². The van der Waals surface area contributed by atoms with Gasteiger partial charge in [-0.3, -0.25) is 14.9 Å². The van der Waals surface area contributed by atoms with Gasteiger partial charge in [0, 0.05) is 35.3 Å². The van der Waals surface area contributed by atoms with Gasteiger partial charge >= 0.3 is 5.69 Å². The van der Waals surface area contributed by atoms with Gasteiger partial charge in [-0.25, -0.2) is 9.18 Å². The summed E-state index contributed by atoms with van der Waals surface area (Å²) in [5.41, 5.74) is 14.9. The Balaban J connectivity index is 1.38. The molecule has 0 bridgehead atoms. The molecule has 4 aromatic rings. The summed E-state index contributed by atoms with van der Waals surface area (Å²) >= 11 is 6.27. The Morgan fingerprint density at radius 2 is 2.02 bits per heavy atom. The SMILES string of the molecule is CCCN1[C@H](CCOC(=N)N)CCC[C@H]1c1ccc(-n2cc3cc(-c4cc(CCCC(C)N)cc(Cl)c4F)[nH]c3nc2=O)cc1. The highest BCUT2D eigenvalue weighted by molar-refractivity contribution is 6.31. The number of hydrogen-bond donors (Lipinski definition) is 4. The smallest absolute Gasteiger partial charge is 0.354 e. The predicted molar refractivity (Wildman–Crippen MR) is 179 cm³/mol. The zero-order valence-corrected chi connectivity index (χ0v) is 26.7. The van der Waals surface area contributed by atoms with Gasteiger partial charge in [0.15, 0.2) is 5.82 Å². The maximum atomic E-state index is 15.2. The van der Waals surface area contributed by atoms with E-state index in [0.717, 1.165) is 63.5 Å². The first kappa shape index (κ1) is 32.7. The van der Waals surface area contributed by atoms with Crippen molar-refractivity contribution in [1.82, 2.24) is 19.4 Å². The number of fused-ring (bicyclic) bond motifs is 1. The average Bonchev–Trinajstić information content (AvgIpc) is 3.41. The van der Waals surface area contributed by atoms with Gasteiger partial charge in [0.1, 0.15) is 5.65 Å². The number of amidine groups is 1. The van der Waals surface area contributed by atoms with Gasteiger partial charge in [-0.1, -0.05) is 30.7 Å². The number of nitrogens with two attached hydrogens (primary N) is 2. The highest BCUT2D eigenvalue weighted by Crippen LogP contribution is 2.36. The van der Waals surface area contributed by atoms with Crippen LogP contribution in [-0.2, 0) is 11.2 Å². The van der Waals surface area contributed by atoms with Gasteiger partial charge in [-0.05, 0) is 106 Å². The molecule has 2 aromatic heterocycles. The molecule has 0 saturated carbocycles. The average molecular weight is 636 g/mol. The number of nitrogens with zero attached hydrogens (tertiary/aromatic N) is 3. The van der Waals surface area contributed by atoms with Crippen LogP contribution in [0.1, 0.15) is 76.0 Å². The van der Waals surface area contributed by atoms with E-state index < -0.39 is 11.5 Å². The van der Waals surface area contributed by atoms with E-state index in [1.54, 1.807) is 24.4 Å². The summed E-state index contributed by atoms with van der Waals surface area (Å²) in [6.45, 7) is 5.55. The van der Waals surface area contributed by atoms with Gasteiger partial charge in [-0.2, -0.15) is 4.98 Å². The number of aromatic nitrogens is 3. The number of aromatic amines is 1. The van der Waals surface area contributed by atoms with Crippen molar-refractivity contribution in [1.29, 1.82) is 5.41 Å². The molecule has 0 spiro atoms. The lowest BCUT2D eigenvalue weighted by molar-refractivity contribution is 0.0661. The quantitative estimate of drug-likeness (QED) is 0.104. The van der Waals surface area contributed by atoms with Gasteiger partial charge in [-0.15, -0.1) is 0 Å². The van der Waals surface area contributed by atoms with Crippen LogP contribution in [0.25, 0.3) is 28.0 Å². The Kier molecular flexibility index (Phi) is 10.6. The summed E-state index contributed by atoms with van der Waals surface area (Å²) in [5, 5.41) is 8.09. The van der Waals surface area contributed by atoms with E-state index in [1.165, 1.54) is 10.1 Å². The van der Waals surface area contributed by atoms with E-state index in [1.807, 2.05) is 19.1 Å². The number of piperidine rings is 1. The fourth-order valence-corrected chi connectivity index (χ4v) is 6.74. The molecule has 45 heavy (non-hydrogen) atoms. The summed E-state index contributed by atoms with van der Waals surface area (Å²) < 4.78 is 21.9. The molecule has 3 heterocycles. The topological polar surface area (TPSA) is 139 Å². The minimum atomic E-state index is -0.515. The van der Waals surface area contributed by atoms with Gasteiger partial charge in [0.05, 0.1) is 23.0 Å². The zero-order valence-electron chi connectivity index (χ0n) is 26.0. The first-order chi connectivity index (χ1) is 21.6. The molecule has 0 amide bonds. The molecule has 6 N–H and O–H groups in total. The lowest BCUT2D eigenvalue weighted by Gasteiger charge is -2.42. The molecule has 1 aliphatic heterocycles. The summed E-state index contributed by atoms with van der Waals surface area (Å²) in [5.74, 6) is -0.515. The van der Waals surface area contributed by atoms with Crippen LogP contribution in [0.5, 0.6) is 0 Å². The molecular weight excluding hydrogens is 593 g/mol. The first-order valence-electron chi connectivity index (χ1n) is 15.8. The van der Waals surface area contributed by atoms with Crippen LogP contribution in [-0.4, -0.2) is 50.7 Å². The summed E-state index contributed by atoms with van der Waals surface area (Å²) in [7, 11) is 0. The van der Waals surface area contributed by atoms with Crippen molar-refractivity contribution in [3.63, 3.8) is 0 Å². The normalized spacial score (nSPS) is 17.9. The van der Waals surface area contributed by atoms with Crippen molar-refractivity contribution in [2.45, 2.75) is 83.3 Å². The van der Waals surface area contributed by atoms with Crippen molar-refractivity contribution >= 4 is 28.7 Å². The number of H-pyrrole nitrogens is 1. The number of nitrogens with one attached hydrogen (secondary N) is 2. The Morgan fingerprint density at radius 3 is 2.73 bits per heavy atom. The van der Waals surface area contributed by atoms with Crippen LogP contribution in [0.15, 0.2) is 53.5 Å². The second kappa shape index (κ2) is 14.6. The fraction of sp³-hybridized carbons (Fsp3) is 0.441. The maximum Gasteiger partial charge on any atom is 0.354 e. The highest BCUT2D eigenvalue weighted by atomic mass is 35.5. The van der Waals surface area contributed by atoms with Crippen LogP contribution in [0.3, 0.4) is 0 Å². The van der Waals surface area contributed by atoms with E-state index in [2.05, 4.69) is 33.9 Å². The predicted octanol–water partition coefficient (Wildman–Crippen LogP) is 6.45. The van der Waals surface area contributed by atoms with Crippen molar-refractivity contribution in [3.8, 4) is 16.9 Å². The molecule has 1 aliphatic rings. The Labute approximate surface area is 268 Å². The number of benzene rings is 2. The largest absolute Gasteiger partial charge is 0.466 e. The van der Waals surface area contributed by atoms with E-state index in [4.69, 9.17) is 33.2 Å². The Bertz CT molecular complexity index is 1680. The van der Waals surface area contributed by atoms with E-state index >= 15 is 4.39 Å². The molecule has 9 nitrogen and oxygen atoms in total. The Hall–Kier alpha value is -3.73. The molecule has 0 radical (unpaired) electrons. The van der Waals surface area contributed by atoms with Gasteiger partial charge in [0.2, 0.25) is 0 Å². The molecular formula is C34H43ClFN7O2. The molecule has 1 saturated heterocycles. The third-order valence-corrected chi connectivity index (χ3v) is 8.92. The number of likely N-dealkylation sites (tertiary alicyclic amines) is 1. The van der Waals surface area contributed by atoms with E-state index in [9.17, 15) is 4.79 Å². The maximum absolute atomic E-state index is 15.2.